The van der Waals surface area contributed by atoms with Gasteiger partial charge in [0.05, 0.1) is 6.61 Å². The summed E-state index contributed by atoms with van der Waals surface area (Å²) in [5.74, 6) is 6.63. The smallest absolute Gasteiger partial charge is 0.115 e. The zero-order valence-electron chi connectivity index (χ0n) is 9.87. The Morgan fingerprint density at radius 3 is 2.94 bits per heavy atom. The van der Waals surface area contributed by atoms with E-state index in [1.54, 1.807) is 0 Å². The van der Waals surface area contributed by atoms with Crippen LogP contribution < -0.4 is 11.3 Å². The minimum atomic E-state index is -0.0397. The van der Waals surface area contributed by atoms with Crippen molar-refractivity contribution >= 4 is 22.6 Å². The standard InChI is InChI=1S/C13H17IN2O/c1-9-5-4-6-10(12(9)14)13(16-15)11-7-2-3-8-17-11/h4-7,13,16H,2-3,8,15H2,1H3. The summed E-state index contributed by atoms with van der Waals surface area (Å²) in [7, 11) is 0. The molecule has 1 aromatic rings. The van der Waals surface area contributed by atoms with Crippen LogP contribution in [0.3, 0.4) is 0 Å². The summed E-state index contributed by atoms with van der Waals surface area (Å²) in [6, 6.07) is 6.22. The van der Waals surface area contributed by atoms with E-state index in [-0.39, 0.29) is 6.04 Å². The normalized spacial score (nSPS) is 17.2. The SMILES string of the molecule is Cc1cccc(C(NN)C2=CCCCO2)c1I. The second-order valence-corrected chi connectivity index (χ2v) is 5.25. The monoisotopic (exact) mass is 344 g/mol. The second kappa shape index (κ2) is 5.84. The zero-order chi connectivity index (χ0) is 12.3. The first-order valence-electron chi connectivity index (χ1n) is 5.78. The van der Waals surface area contributed by atoms with E-state index in [4.69, 9.17) is 10.6 Å². The van der Waals surface area contributed by atoms with Crippen LogP contribution in [0.1, 0.15) is 30.0 Å². The third-order valence-corrected chi connectivity index (χ3v) is 4.42. The van der Waals surface area contributed by atoms with Gasteiger partial charge in [-0.2, -0.15) is 0 Å². The topological polar surface area (TPSA) is 47.3 Å². The van der Waals surface area contributed by atoms with Crippen LogP contribution in [0.4, 0.5) is 0 Å². The number of hydrazine groups is 1. The molecule has 0 radical (unpaired) electrons. The van der Waals surface area contributed by atoms with E-state index in [1.807, 2.05) is 0 Å². The molecule has 1 heterocycles. The summed E-state index contributed by atoms with van der Waals surface area (Å²) in [6.07, 6.45) is 4.29. The number of halogens is 1. The Bertz CT molecular complexity index is 431. The van der Waals surface area contributed by atoms with Gasteiger partial charge in [0, 0.05) is 3.57 Å². The Balaban J connectivity index is 2.34. The maximum absolute atomic E-state index is 5.70. The molecule has 0 saturated carbocycles. The number of rotatable bonds is 3. The Kier molecular flexibility index (Phi) is 4.42. The van der Waals surface area contributed by atoms with Gasteiger partial charge in [-0.25, -0.2) is 5.43 Å². The molecule has 1 atom stereocenters. The van der Waals surface area contributed by atoms with Crippen molar-refractivity contribution in [3.05, 3.63) is 44.7 Å². The van der Waals surface area contributed by atoms with E-state index in [1.165, 1.54) is 14.7 Å². The molecule has 1 unspecified atom stereocenters. The molecule has 0 amide bonds. The minimum Gasteiger partial charge on any atom is -0.496 e. The molecule has 1 aliphatic heterocycles. The maximum atomic E-state index is 5.70. The molecule has 92 valence electrons. The minimum absolute atomic E-state index is 0.0397. The van der Waals surface area contributed by atoms with E-state index in [2.05, 4.69) is 59.2 Å². The van der Waals surface area contributed by atoms with Gasteiger partial charge in [-0.05, 0) is 59.6 Å². The lowest BCUT2D eigenvalue weighted by atomic mass is 10.0. The average molecular weight is 344 g/mol. The highest BCUT2D eigenvalue weighted by molar-refractivity contribution is 14.1. The van der Waals surface area contributed by atoms with Crippen LogP contribution in [0, 0.1) is 10.5 Å². The predicted molar refractivity (Wildman–Crippen MR) is 77.2 cm³/mol. The number of hydrogen-bond donors (Lipinski definition) is 2. The fraction of sp³-hybridized carbons (Fsp3) is 0.385. The van der Waals surface area contributed by atoms with Crippen LogP contribution in [-0.2, 0) is 4.74 Å². The van der Waals surface area contributed by atoms with Gasteiger partial charge in [-0.3, -0.25) is 5.84 Å². The molecule has 1 aromatic carbocycles. The van der Waals surface area contributed by atoms with Crippen LogP contribution in [0.2, 0.25) is 0 Å². The number of hydrogen-bond acceptors (Lipinski definition) is 3. The molecule has 1 aliphatic rings. The summed E-state index contributed by atoms with van der Waals surface area (Å²) in [6.45, 7) is 2.89. The van der Waals surface area contributed by atoms with Crippen LogP contribution in [0.5, 0.6) is 0 Å². The summed E-state index contributed by atoms with van der Waals surface area (Å²) in [5.41, 5.74) is 5.30. The maximum Gasteiger partial charge on any atom is 0.115 e. The van der Waals surface area contributed by atoms with E-state index in [0.29, 0.717) is 0 Å². The molecule has 0 saturated heterocycles. The van der Waals surface area contributed by atoms with Crippen molar-refractivity contribution in [2.24, 2.45) is 5.84 Å². The first kappa shape index (κ1) is 12.9. The summed E-state index contributed by atoms with van der Waals surface area (Å²) < 4.78 is 6.93. The van der Waals surface area contributed by atoms with Crippen molar-refractivity contribution in [1.29, 1.82) is 0 Å². The summed E-state index contributed by atoms with van der Waals surface area (Å²) in [5, 5.41) is 0. The van der Waals surface area contributed by atoms with Gasteiger partial charge in [-0.15, -0.1) is 0 Å². The number of nitrogens with one attached hydrogen (secondary N) is 1. The summed E-state index contributed by atoms with van der Waals surface area (Å²) in [4.78, 5) is 0. The average Bonchev–Trinajstić information content (AvgIpc) is 2.37. The van der Waals surface area contributed by atoms with Gasteiger partial charge in [0.25, 0.3) is 0 Å². The lowest BCUT2D eigenvalue weighted by Gasteiger charge is -2.24. The molecular weight excluding hydrogens is 327 g/mol. The molecule has 3 nitrogen and oxygen atoms in total. The molecular formula is C13H17IN2O. The number of benzene rings is 1. The van der Waals surface area contributed by atoms with Crippen LogP contribution in [0.25, 0.3) is 0 Å². The van der Waals surface area contributed by atoms with Crippen LogP contribution in [0.15, 0.2) is 30.0 Å². The van der Waals surface area contributed by atoms with Crippen molar-refractivity contribution in [1.82, 2.24) is 5.43 Å². The molecule has 3 N–H and O–H groups in total. The van der Waals surface area contributed by atoms with Gasteiger partial charge in [0.1, 0.15) is 11.8 Å². The predicted octanol–water partition coefficient (Wildman–Crippen LogP) is 2.80. The molecule has 0 bridgehead atoms. The molecule has 0 spiro atoms. The molecule has 0 fully saturated rings. The Hall–Kier alpha value is -0.590. The Morgan fingerprint density at radius 1 is 1.47 bits per heavy atom. The van der Waals surface area contributed by atoms with Crippen molar-refractivity contribution < 1.29 is 4.74 Å². The number of aryl methyl sites for hydroxylation is 1. The highest BCUT2D eigenvalue weighted by Gasteiger charge is 2.21. The Labute approximate surface area is 116 Å². The fourth-order valence-electron chi connectivity index (χ4n) is 2.00. The number of allylic oxidation sites excluding steroid dienone is 1. The molecule has 4 heteroatoms. The number of ether oxygens (including phenoxy) is 1. The molecule has 17 heavy (non-hydrogen) atoms. The highest BCUT2D eigenvalue weighted by atomic mass is 127. The first-order chi connectivity index (χ1) is 8.24. The van der Waals surface area contributed by atoms with E-state index in [9.17, 15) is 0 Å². The van der Waals surface area contributed by atoms with Crippen molar-refractivity contribution in [3.63, 3.8) is 0 Å². The van der Waals surface area contributed by atoms with Crippen LogP contribution in [-0.4, -0.2) is 6.61 Å². The van der Waals surface area contributed by atoms with Gasteiger partial charge in [0.2, 0.25) is 0 Å². The van der Waals surface area contributed by atoms with E-state index >= 15 is 0 Å². The third kappa shape index (κ3) is 2.81. The van der Waals surface area contributed by atoms with Crippen molar-refractivity contribution in [2.75, 3.05) is 6.61 Å². The second-order valence-electron chi connectivity index (χ2n) is 4.17. The van der Waals surface area contributed by atoms with Crippen molar-refractivity contribution in [2.45, 2.75) is 25.8 Å². The first-order valence-corrected chi connectivity index (χ1v) is 6.86. The molecule has 0 aromatic heterocycles. The van der Waals surface area contributed by atoms with E-state index < -0.39 is 0 Å². The zero-order valence-corrected chi connectivity index (χ0v) is 12.0. The number of nitrogens with two attached hydrogens (primary N) is 1. The van der Waals surface area contributed by atoms with Crippen LogP contribution >= 0.6 is 22.6 Å². The lowest BCUT2D eigenvalue weighted by molar-refractivity contribution is 0.167. The summed E-state index contributed by atoms with van der Waals surface area (Å²) >= 11 is 2.36. The van der Waals surface area contributed by atoms with E-state index in [0.717, 1.165) is 25.2 Å². The Morgan fingerprint density at radius 2 is 2.29 bits per heavy atom. The molecule has 2 rings (SSSR count). The van der Waals surface area contributed by atoms with Gasteiger partial charge in [0.15, 0.2) is 0 Å². The van der Waals surface area contributed by atoms with Gasteiger partial charge in [-0.1, -0.05) is 18.2 Å². The quantitative estimate of drug-likeness (QED) is 0.504. The fourth-order valence-corrected chi connectivity index (χ4v) is 2.67. The van der Waals surface area contributed by atoms with Crippen molar-refractivity contribution in [3.8, 4) is 0 Å². The lowest BCUT2D eigenvalue weighted by Crippen LogP contribution is -2.31. The largest absolute Gasteiger partial charge is 0.496 e. The molecule has 0 aliphatic carbocycles. The highest BCUT2D eigenvalue weighted by Crippen LogP contribution is 2.29. The third-order valence-electron chi connectivity index (χ3n) is 2.95. The van der Waals surface area contributed by atoms with Gasteiger partial charge < -0.3 is 4.74 Å². The van der Waals surface area contributed by atoms with Gasteiger partial charge >= 0.3 is 0 Å².